The van der Waals surface area contributed by atoms with Crippen molar-refractivity contribution in [3.8, 4) is 0 Å². The van der Waals surface area contributed by atoms with Crippen molar-refractivity contribution in [2.24, 2.45) is 0 Å². The fourth-order valence-corrected chi connectivity index (χ4v) is 4.26. The summed E-state index contributed by atoms with van der Waals surface area (Å²) in [5, 5.41) is 0. The average molecular weight is 639 g/mol. The third-order valence-corrected chi connectivity index (χ3v) is 7.89. The van der Waals surface area contributed by atoms with E-state index < -0.39 is 40.5 Å². The summed E-state index contributed by atoms with van der Waals surface area (Å²) in [5.74, 6) is -4.44. The largest absolute Gasteiger partial charge is 0.513 e. The Morgan fingerprint density at radius 3 is 1.09 bits per heavy atom. The van der Waals surface area contributed by atoms with Gasteiger partial charge in [-0.05, 0) is 34.1 Å². The van der Waals surface area contributed by atoms with Crippen LogP contribution in [0.4, 0.5) is 4.79 Å². The van der Waals surface area contributed by atoms with Gasteiger partial charge in [0.1, 0.15) is 0 Å². The van der Waals surface area contributed by atoms with Gasteiger partial charge < -0.3 is 9.47 Å². The molecule has 0 aromatic heterocycles. The summed E-state index contributed by atoms with van der Waals surface area (Å²) >= 11 is 0. The van der Waals surface area contributed by atoms with Gasteiger partial charge in [0.05, 0.1) is 0 Å². The zero-order chi connectivity index (χ0) is 35.3. The highest BCUT2D eigenvalue weighted by atomic mass is 17.3. The fraction of sp³-hybridized carbons (Fsp3) is 0.486. The Morgan fingerprint density at radius 2 is 0.826 bits per heavy atom. The molecule has 0 saturated carbocycles. The maximum Gasteiger partial charge on any atom is 0.513 e. The van der Waals surface area contributed by atoms with Crippen molar-refractivity contribution in [2.75, 3.05) is 0 Å². The lowest BCUT2D eigenvalue weighted by Crippen LogP contribution is -2.39. The Morgan fingerprint density at radius 1 is 0.543 bits per heavy atom. The van der Waals surface area contributed by atoms with Crippen LogP contribution < -0.4 is 0 Å². The molecule has 2 aromatic rings. The number of carbonyl (C=O) groups excluding carboxylic acids is 3. The van der Waals surface area contributed by atoms with Gasteiger partial charge >= 0.3 is 18.1 Å². The molecule has 9 nitrogen and oxygen atoms in total. The van der Waals surface area contributed by atoms with Crippen molar-refractivity contribution in [1.29, 1.82) is 0 Å². The molecule has 0 bridgehead atoms. The van der Waals surface area contributed by atoms with Gasteiger partial charge in [-0.3, -0.25) is 9.78 Å². The number of hydrogen-bond donors (Lipinski definition) is 0. The minimum absolute atomic E-state index is 0.136. The van der Waals surface area contributed by atoms with Crippen molar-refractivity contribution in [3.63, 3.8) is 0 Å². The van der Waals surface area contributed by atoms with Crippen LogP contribution in [0.5, 0.6) is 0 Å². The quantitative estimate of drug-likeness (QED) is 0.0659. The van der Waals surface area contributed by atoms with E-state index in [0.29, 0.717) is 11.8 Å². The van der Waals surface area contributed by atoms with Gasteiger partial charge in [0.25, 0.3) is 11.6 Å². The first kappa shape index (κ1) is 38.2. The fourth-order valence-electron chi connectivity index (χ4n) is 4.26. The zero-order valence-electron chi connectivity index (χ0n) is 29.4. The molecule has 46 heavy (non-hydrogen) atoms. The van der Waals surface area contributed by atoms with Gasteiger partial charge in [-0.15, -0.1) is 9.78 Å². The number of benzene rings is 2. The third-order valence-electron chi connectivity index (χ3n) is 7.89. The summed E-state index contributed by atoms with van der Waals surface area (Å²) in [5.41, 5.74) is 2.82. The average Bonchev–Trinajstić information content (AvgIpc) is 2.97. The van der Waals surface area contributed by atoms with E-state index in [1.807, 2.05) is 76.2 Å². The summed E-state index contributed by atoms with van der Waals surface area (Å²) in [6.07, 6.45) is -1.24. The maximum absolute atomic E-state index is 12.8. The molecule has 252 valence electrons. The highest BCUT2D eigenvalue weighted by Gasteiger charge is 2.37. The summed E-state index contributed by atoms with van der Waals surface area (Å²) in [6.45, 7) is 29.0. The van der Waals surface area contributed by atoms with E-state index in [2.05, 4.69) is 40.9 Å². The van der Waals surface area contributed by atoms with Crippen LogP contribution in [0, 0.1) is 0 Å². The lowest BCUT2D eigenvalue weighted by molar-refractivity contribution is -0.398. The molecule has 0 atom stereocenters. The first-order valence-corrected chi connectivity index (χ1v) is 15.3. The third kappa shape index (κ3) is 10.0. The Balaban J connectivity index is 1.91. The van der Waals surface area contributed by atoms with Gasteiger partial charge in [0.2, 0.25) is 0 Å². The zero-order valence-corrected chi connectivity index (χ0v) is 29.4. The predicted octanol–water partition coefficient (Wildman–Crippen LogP) is 8.88. The smallest absolute Gasteiger partial charge is 0.398 e. The van der Waals surface area contributed by atoms with Crippen molar-refractivity contribution in [1.82, 2.24) is 0 Å². The Labute approximate surface area is 273 Å². The Kier molecular flexibility index (Phi) is 12.2. The predicted molar refractivity (Wildman–Crippen MR) is 175 cm³/mol. The van der Waals surface area contributed by atoms with Crippen molar-refractivity contribution >= 4 is 18.1 Å². The SMILES string of the molecule is C=C(C(=O)OOC(C)(C)OC(=O)OC(C)(C)OOC(=O)C(=C)C(C)(C)c1ccc(C(C)C)cc1)C(C)(C)c1ccc(C(C)C)cc1. The van der Waals surface area contributed by atoms with Crippen LogP contribution in [-0.2, 0) is 49.4 Å². The molecule has 0 N–H and O–H groups in total. The van der Waals surface area contributed by atoms with E-state index >= 15 is 0 Å². The molecule has 0 aliphatic heterocycles. The van der Waals surface area contributed by atoms with Crippen LogP contribution in [0.1, 0.15) is 117 Å². The number of carbonyl (C=O) groups is 3. The second-order valence-corrected chi connectivity index (χ2v) is 13.9. The summed E-state index contributed by atoms with van der Waals surface area (Å²) < 4.78 is 10.3. The van der Waals surface area contributed by atoms with Gasteiger partial charge in [-0.2, -0.15) is 0 Å². The van der Waals surface area contributed by atoms with Gasteiger partial charge in [0.15, 0.2) is 0 Å². The highest BCUT2D eigenvalue weighted by Crippen LogP contribution is 2.34. The van der Waals surface area contributed by atoms with Crippen LogP contribution in [0.25, 0.3) is 0 Å². The van der Waals surface area contributed by atoms with Crippen LogP contribution >= 0.6 is 0 Å². The number of rotatable bonds is 14. The normalized spacial score (nSPS) is 12.5. The first-order chi connectivity index (χ1) is 21.0. The van der Waals surface area contributed by atoms with Gasteiger partial charge in [-0.1, -0.05) is 117 Å². The molecule has 0 fully saturated rings. The number of hydrogen-bond acceptors (Lipinski definition) is 9. The summed E-state index contributed by atoms with van der Waals surface area (Å²) in [4.78, 5) is 58.4. The van der Waals surface area contributed by atoms with E-state index in [1.54, 1.807) is 0 Å². The van der Waals surface area contributed by atoms with Crippen molar-refractivity contribution < 1.29 is 43.4 Å². The van der Waals surface area contributed by atoms with Crippen LogP contribution in [0.2, 0.25) is 0 Å². The van der Waals surface area contributed by atoms with E-state index in [9.17, 15) is 14.4 Å². The molecule has 0 heterocycles. The van der Waals surface area contributed by atoms with E-state index in [0.717, 1.165) is 11.1 Å². The van der Waals surface area contributed by atoms with E-state index in [-0.39, 0.29) is 11.1 Å². The monoisotopic (exact) mass is 638 g/mol. The standard InChI is InChI=1S/C37H50O9/c1-23(2)27-15-19-29(20-16-27)34(7,8)25(5)31(38)43-45-36(11,12)41-33(40)42-37(13,14)46-44-32(39)26(6)35(9,10)30-21-17-28(18-22-30)24(3)4/h15-24H,5-6H2,1-4,7-14H3. The Bertz CT molecular complexity index is 1300. The Hall–Kier alpha value is -3.95. The van der Waals surface area contributed by atoms with E-state index in [1.165, 1.54) is 38.8 Å². The van der Waals surface area contributed by atoms with Crippen molar-refractivity contribution in [2.45, 2.75) is 117 Å². The molecule has 2 rings (SSSR count). The highest BCUT2D eigenvalue weighted by molar-refractivity contribution is 5.90. The van der Waals surface area contributed by atoms with Crippen LogP contribution in [-0.4, -0.2) is 29.7 Å². The lowest BCUT2D eigenvalue weighted by atomic mass is 9.78. The molecule has 0 aliphatic carbocycles. The molecule has 0 unspecified atom stereocenters. The minimum atomic E-state index is -1.76. The first-order valence-electron chi connectivity index (χ1n) is 15.3. The summed E-state index contributed by atoms with van der Waals surface area (Å²) in [7, 11) is 0. The van der Waals surface area contributed by atoms with Gasteiger partial charge in [0, 0.05) is 49.7 Å². The topological polar surface area (TPSA) is 107 Å². The molecule has 0 radical (unpaired) electrons. The second kappa shape index (κ2) is 14.6. The number of ether oxygens (including phenoxy) is 2. The van der Waals surface area contributed by atoms with E-state index in [4.69, 9.17) is 29.0 Å². The molecule has 9 heteroatoms. The van der Waals surface area contributed by atoms with Gasteiger partial charge in [-0.25, -0.2) is 14.4 Å². The second-order valence-electron chi connectivity index (χ2n) is 13.9. The van der Waals surface area contributed by atoms with Crippen LogP contribution in [0.15, 0.2) is 72.8 Å². The summed E-state index contributed by atoms with van der Waals surface area (Å²) in [6, 6.07) is 15.8. The van der Waals surface area contributed by atoms with Crippen molar-refractivity contribution in [3.05, 3.63) is 95.1 Å². The molecule has 0 amide bonds. The molecular weight excluding hydrogens is 588 g/mol. The lowest BCUT2D eigenvalue weighted by Gasteiger charge is -2.29. The molecular formula is C37H50O9. The molecule has 0 aliphatic rings. The van der Waals surface area contributed by atoms with Crippen LogP contribution in [0.3, 0.4) is 0 Å². The molecule has 0 saturated heterocycles. The molecule has 0 spiro atoms. The minimum Gasteiger partial charge on any atom is -0.398 e. The maximum atomic E-state index is 12.8. The molecule has 2 aromatic carbocycles.